The van der Waals surface area contributed by atoms with Gasteiger partial charge in [-0.3, -0.25) is 0 Å². The molecule has 3 aromatic rings. The highest BCUT2D eigenvalue weighted by Crippen LogP contribution is 2.34. The highest BCUT2D eigenvalue weighted by Gasteiger charge is 2.23. The van der Waals surface area contributed by atoms with Gasteiger partial charge in [-0.1, -0.05) is 16.8 Å². The summed E-state index contributed by atoms with van der Waals surface area (Å²) in [6.45, 7) is -0.136. The second-order valence-corrected chi connectivity index (χ2v) is 4.67. The van der Waals surface area contributed by atoms with E-state index < -0.39 is 0 Å². The van der Waals surface area contributed by atoms with E-state index in [1.165, 1.54) is 0 Å². The van der Waals surface area contributed by atoms with Gasteiger partial charge in [-0.25, -0.2) is 0 Å². The summed E-state index contributed by atoms with van der Waals surface area (Å²) < 4.78 is 15.2. The van der Waals surface area contributed by atoms with Crippen molar-refractivity contribution in [3.63, 3.8) is 0 Å². The Balaban J connectivity index is 1.94. The molecule has 8 nitrogen and oxygen atoms in total. The molecule has 0 spiro atoms. The monoisotopic (exact) mass is 322 g/mol. The average molecular weight is 323 g/mol. The van der Waals surface area contributed by atoms with Crippen molar-refractivity contribution < 1.29 is 18.9 Å². The second kappa shape index (κ2) is 6.04. The Kier molecular flexibility index (Phi) is 3.94. The SMILES string of the molecule is Nc1onc(OCCO)c1-c1nc(-c2ccc(Cl)cc2)no1. The third-order valence-electron chi connectivity index (χ3n) is 2.76. The zero-order chi connectivity index (χ0) is 15.5. The van der Waals surface area contributed by atoms with Crippen LogP contribution in [0.15, 0.2) is 33.3 Å². The number of ether oxygens (including phenoxy) is 1. The normalized spacial score (nSPS) is 10.8. The molecule has 2 aromatic heterocycles. The molecule has 0 radical (unpaired) electrons. The predicted molar refractivity (Wildman–Crippen MR) is 77.2 cm³/mol. The summed E-state index contributed by atoms with van der Waals surface area (Å²) in [6.07, 6.45) is 0. The van der Waals surface area contributed by atoms with Crippen LogP contribution in [0.3, 0.4) is 0 Å². The molecule has 114 valence electrons. The first-order chi connectivity index (χ1) is 10.7. The third-order valence-corrected chi connectivity index (χ3v) is 3.01. The van der Waals surface area contributed by atoms with Crippen LogP contribution in [0.1, 0.15) is 0 Å². The zero-order valence-corrected chi connectivity index (χ0v) is 11.9. The second-order valence-electron chi connectivity index (χ2n) is 4.23. The van der Waals surface area contributed by atoms with Crippen LogP contribution in [-0.4, -0.2) is 33.6 Å². The first-order valence-electron chi connectivity index (χ1n) is 6.28. The molecule has 0 aliphatic rings. The summed E-state index contributed by atoms with van der Waals surface area (Å²) in [6, 6.07) is 6.96. The maximum absolute atomic E-state index is 8.79. The number of nitrogens with two attached hydrogens (primary N) is 1. The van der Waals surface area contributed by atoms with Gasteiger partial charge in [0.1, 0.15) is 6.61 Å². The van der Waals surface area contributed by atoms with E-state index in [0.717, 1.165) is 5.56 Å². The quantitative estimate of drug-likeness (QED) is 0.731. The molecule has 0 amide bonds. The first-order valence-corrected chi connectivity index (χ1v) is 6.65. The number of halogens is 1. The fourth-order valence-electron chi connectivity index (χ4n) is 1.77. The average Bonchev–Trinajstić information content (AvgIpc) is 3.12. The molecule has 0 saturated heterocycles. The number of anilines is 1. The molecule has 0 unspecified atom stereocenters. The van der Waals surface area contributed by atoms with Crippen LogP contribution in [0.25, 0.3) is 22.8 Å². The van der Waals surface area contributed by atoms with Crippen molar-refractivity contribution in [2.75, 3.05) is 18.9 Å². The van der Waals surface area contributed by atoms with E-state index in [1.807, 2.05) is 0 Å². The highest BCUT2D eigenvalue weighted by atomic mass is 35.5. The summed E-state index contributed by atoms with van der Waals surface area (Å²) in [7, 11) is 0. The lowest BCUT2D eigenvalue weighted by Gasteiger charge is -1.99. The summed E-state index contributed by atoms with van der Waals surface area (Å²) >= 11 is 5.84. The van der Waals surface area contributed by atoms with Gasteiger partial charge < -0.3 is 24.6 Å². The van der Waals surface area contributed by atoms with E-state index in [0.29, 0.717) is 10.8 Å². The molecule has 0 saturated carbocycles. The number of nitrogen functional groups attached to an aromatic ring is 1. The maximum atomic E-state index is 8.79. The van der Waals surface area contributed by atoms with Gasteiger partial charge >= 0.3 is 0 Å². The van der Waals surface area contributed by atoms with E-state index >= 15 is 0 Å². The summed E-state index contributed by atoms with van der Waals surface area (Å²) in [5.41, 5.74) is 6.68. The molecule has 0 fully saturated rings. The molecule has 3 rings (SSSR count). The van der Waals surface area contributed by atoms with Crippen molar-refractivity contribution >= 4 is 17.5 Å². The Morgan fingerprint density at radius 3 is 2.68 bits per heavy atom. The summed E-state index contributed by atoms with van der Waals surface area (Å²) in [5.74, 6) is 0.536. The van der Waals surface area contributed by atoms with Crippen LogP contribution in [0.5, 0.6) is 5.88 Å². The van der Waals surface area contributed by atoms with Crippen molar-refractivity contribution in [2.24, 2.45) is 0 Å². The molecule has 1 aromatic carbocycles. The fraction of sp³-hybridized carbons (Fsp3) is 0.154. The molecule has 2 heterocycles. The number of benzene rings is 1. The van der Waals surface area contributed by atoms with Crippen LogP contribution >= 0.6 is 11.6 Å². The van der Waals surface area contributed by atoms with E-state index in [1.54, 1.807) is 24.3 Å². The maximum Gasteiger partial charge on any atom is 0.269 e. The molecule has 0 bridgehead atoms. The zero-order valence-electron chi connectivity index (χ0n) is 11.2. The molecule has 0 aliphatic carbocycles. The van der Waals surface area contributed by atoms with Gasteiger partial charge in [0.05, 0.1) is 6.61 Å². The largest absolute Gasteiger partial charge is 0.472 e. The number of aliphatic hydroxyl groups is 1. The van der Waals surface area contributed by atoms with Crippen molar-refractivity contribution in [3.8, 4) is 28.7 Å². The van der Waals surface area contributed by atoms with Gasteiger partial charge in [0.2, 0.25) is 11.7 Å². The molecular formula is C13H11ClN4O4. The van der Waals surface area contributed by atoms with Crippen molar-refractivity contribution in [1.29, 1.82) is 0 Å². The van der Waals surface area contributed by atoms with Gasteiger partial charge in [-0.2, -0.15) is 4.98 Å². The molecule has 3 N–H and O–H groups in total. The Morgan fingerprint density at radius 1 is 1.18 bits per heavy atom. The number of hydrogen-bond donors (Lipinski definition) is 2. The van der Waals surface area contributed by atoms with Crippen LogP contribution in [0, 0.1) is 0 Å². The molecular weight excluding hydrogens is 312 g/mol. The minimum Gasteiger partial charge on any atom is -0.472 e. The smallest absolute Gasteiger partial charge is 0.269 e. The van der Waals surface area contributed by atoms with E-state index in [-0.39, 0.29) is 36.4 Å². The molecule has 0 aliphatic heterocycles. The van der Waals surface area contributed by atoms with Gasteiger partial charge in [-0.05, 0) is 29.4 Å². The Bertz CT molecular complexity index is 769. The van der Waals surface area contributed by atoms with Gasteiger partial charge in [0.15, 0.2) is 5.56 Å². The van der Waals surface area contributed by atoms with Crippen molar-refractivity contribution in [3.05, 3.63) is 29.3 Å². The highest BCUT2D eigenvalue weighted by molar-refractivity contribution is 6.30. The van der Waals surface area contributed by atoms with E-state index in [9.17, 15) is 0 Å². The van der Waals surface area contributed by atoms with Crippen LogP contribution in [0.4, 0.5) is 5.88 Å². The van der Waals surface area contributed by atoms with E-state index in [2.05, 4.69) is 15.3 Å². The predicted octanol–water partition coefficient (Wildman–Crippen LogP) is 2.00. The van der Waals surface area contributed by atoms with Crippen LogP contribution < -0.4 is 10.5 Å². The van der Waals surface area contributed by atoms with Crippen LogP contribution in [-0.2, 0) is 0 Å². The fourth-order valence-corrected chi connectivity index (χ4v) is 1.89. The Hall–Kier alpha value is -2.58. The van der Waals surface area contributed by atoms with E-state index in [4.69, 9.17) is 36.2 Å². The van der Waals surface area contributed by atoms with Gasteiger partial charge in [0, 0.05) is 10.6 Å². The third kappa shape index (κ3) is 2.74. The summed E-state index contributed by atoms with van der Waals surface area (Å²) in [5, 5.41) is 16.9. The standard InChI is InChI=1S/C13H11ClN4O4/c14-8-3-1-7(2-4-8)11-16-12(22-17-11)9-10(15)21-18-13(9)20-6-5-19/h1-4,19H,5-6,15H2. The number of nitrogens with zero attached hydrogens (tertiary/aromatic N) is 3. The lowest BCUT2D eigenvalue weighted by molar-refractivity contribution is 0.191. The van der Waals surface area contributed by atoms with Crippen molar-refractivity contribution in [1.82, 2.24) is 15.3 Å². The lowest BCUT2D eigenvalue weighted by Crippen LogP contribution is -2.02. The topological polar surface area (TPSA) is 120 Å². The number of aliphatic hydroxyl groups excluding tert-OH is 1. The molecule has 22 heavy (non-hydrogen) atoms. The number of rotatable bonds is 5. The van der Waals surface area contributed by atoms with Crippen molar-refractivity contribution in [2.45, 2.75) is 0 Å². The number of hydrogen-bond acceptors (Lipinski definition) is 8. The van der Waals surface area contributed by atoms with Gasteiger partial charge in [-0.15, -0.1) is 0 Å². The molecule has 9 heteroatoms. The Labute approximate surface area is 129 Å². The number of aromatic nitrogens is 3. The minimum atomic E-state index is -0.175. The first kappa shape index (κ1) is 14.4. The Morgan fingerprint density at radius 2 is 1.95 bits per heavy atom. The van der Waals surface area contributed by atoms with Gasteiger partial charge in [0.25, 0.3) is 11.8 Å². The summed E-state index contributed by atoms with van der Waals surface area (Å²) in [4.78, 5) is 4.24. The molecule has 0 atom stereocenters. The lowest BCUT2D eigenvalue weighted by atomic mass is 10.2. The van der Waals surface area contributed by atoms with Crippen LogP contribution in [0.2, 0.25) is 5.02 Å². The minimum absolute atomic E-state index is 0.0146.